The van der Waals surface area contributed by atoms with Gasteiger partial charge in [0.05, 0.1) is 0 Å². The van der Waals surface area contributed by atoms with Gasteiger partial charge in [-0.3, -0.25) is 0 Å². The number of hydrogen-bond acceptors (Lipinski definition) is 3. The number of benzene rings is 1. The van der Waals surface area contributed by atoms with Gasteiger partial charge in [0.2, 0.25) is 0 Å². The molecule has 1 aromatic rings. The van der Waals surface area contributed by atoms with Crippen LogP contribution >= 0.6 is 0 Å². The number of rotatable bonds is 16. The molecule has 0 atom stereocenters. The molecule has 35 heavy (non-hydrogen) atoms. The van der Waals surface area contributed by atoms with E-state index < -0.39 is 17.9 Å². The average molecular weight is 483 g/mol. The van der Waals surface area contributed by atoms with Crippen molar-refractivity contribution >= 4 is 23.5 Å². The smallest absolute Gasteiger partial charge is 0.331 e. The number of unbranched alkanes of at least 4 members (excludes halogenated alkanes) is 3. The van der Waals surface area contributed by atoms with Crippen molar-refractivity contribution in [2.45, 2.75) is 78.6 Å². The van der Waals surface area contributed by atoms with E-state index in [-0.39, 0.29) is 16.7 Å². The summed E-state index contributed by atoms with van der Waals surface area (Å²) >= 11 is 0. The van der Waals surface area contributed by atoms with Crippen molar-refractivity contribution in [3.05, 3.63) is 76.4 Å². The van der Waals surface area contributed by atoms with E-state index in [1.165, 1.54) is 12.2 Å². The van der Waals surface area contributed by atoms with E-state index in [1.807, 2.05) is 51.1 Å². The van der Waals surface area contributed by atoms with Gasteiger partial charge in [0.1, 0.15) is 0 Å². The third kappa shape index (κ3) is 10.6. The molecule has 0 aromatic heterocycles. The Balaban J connectivity index is 4.01. The van der Waals surface area contributed by atoms with Gasteiger partial charge in [0.25, 0.3) is 0 Å². The van der Waals surface area contributed by atoms with Gasteiger partial charge in [0, 0.05) is 16.7 Å². The number of carbonyl (C=O) groups is 3. The molecule has 0 spiro atoms. The van der Waals surface area contributed by atoms with Gasteiger partial charge in [-0.2, -0.15) is 0 Å². The Bertz CT molecular complexity index is 980. The summed E-state index contributed by atoms with van der Waals surface area (Å²) in [5.74, 6) is -3.20. The van der Waals surface area contributed by atoms with Crippen LogP contribution in [0.3, 0.4) is 0 Å². The van der Waals surface area contributed by atoms with Gasteiger partial charge >= 0.3 is 17.9 Å². The van der Waals surface area contributed by atoms with E-state index in [9.17, 15) is 29.7 Å². The Morgan fingerprint density at radius 2 is 1.11 bits per heavy atom. The fraction of sp³-hybridized carbons (Fsp3) is 0.414. The summed E-state index contributed by atoms with van der Waals surface area (Å²) in [6.45, 7) is 5.88. The van der Waals surface area contributed by atoms with Gasteiger partial charge in [-0.25, -0.2) is 14.4 Å². The van der Waals surface area contributed by atoms with Crippen molar-refractivity contribution in [3.8, 4) is 0 Å². The van der Waals surface area contributed by atoms with Crippen LogP contribution in [0.5, 0.6) is 0 Å². The summed E-state index contributed by atoms with van der Waals surface area (Å²) in [7, 11) is 0. The molecule has 0 aliphatic rings. The number of hydrogen-bond donors (Lipinski definition) is 3. The average Bonchev–Trinajstić information content (AvgIpc) is 2.82. The summed E-state index contributed by atoms with van der Waals surface area (Å²) < 4.78 is 0. The lowest BCUT2D eigenvalue weighted by Gasteiger charge is -2.13. The molecule has 0 saturated heterocycles. The fourth-order valence-corrected chi connectivity index (χ4v) is 3.62. The monoisotopic (exact) mass is 482 g/mol. The van der Waals surface area contributed by atoms with Gasteiger partial charge in [-0.15, -0.1) is 0 Å². The minimum atomic E-state index is -1.08. The maximum atomic E-state index is 12.1. The standard InChI is InChI=1S/C29H38O6/c1-4-7-10-17-23(28(32)33)19-25(18-22(13-6-3)27(30)31)26(21-15-11-9-12-16-21)20-24(29(34)35)14-8-5-2/h9,11-12,15-16,18-20H,4-8,10,13-14,17H2,1-3H3,(H,30,31)(H,32,33)(H,34,35). The zero-order chi connectivity index (χ0) is 26.2. The van der Waals surface area contributed by atoms with E-state index in [1.54, 1.807) is 6.08 Å². The molecular formula is C29H38O6. The maximum Gasteiger partial charge on any atom is 0.331 e. The first kappa shape index (κ1) is 29.6. The van der Waals surface area contributed by atoms with Crippen molar-refractivity contribution in [3.63, 3.8) is 0 Å². The number of carboxylic acid groups (broad SMARTS) is 3. The van der Waals surface area contributed by atoms with E-state index in [2.05, 4.69) is 0 Å². The molecular weight excluding hydrogens is 444 g/mol. The number of aliphatic carboxylic acids is 3. The van der Waals surface area contributed by atoms with E-state index >= 15 is 0 Å². The van der Waals surface area contributed by atoms with Crippen LogP contribution in [0.1, 0.15) is 84.1 Å². The summed E-state index contributed by atoms with van der Waals surface area (Å²) in [6.07, 6.45) is 10.2. The van der Waals surface area contributed by atoms with Crippen molar-refractivity contribution in [1.82, 2.24) is 0 Å². The highest BCUT2D eigenvalue weighted by atomic mass is 16.4. The zero-order valence-electron chi connectivity index (χ0n) is 21.0. The molecule has 3 N–H and O–H groups in total. The Hall–Kier alpha value is -3.41. The lowest BCUT2D eigenvalue weighted by atomic mass is 9.92. The van der Waals surface area contributed by atoms with Crippen molar-refractivity contribution in [2.24, 2.45) is 0 Å². The molecule has 6 heteroatoms. The SMILES string of the molecule is CCCCCC(=CC(C=C(CCC)C(=O)O)=C(C=C(CCCC)C(=O)O)c1ccccc1)C(=O)O. The van der Waals surface area contributed by atoms with Crippen molar-refractivity contribution in [1.29, 1.82) is 0 Å². The van der Waals surface area contributed by atoms with Crippen LogP contribution in [-0.2, 0) is 14.4 Å². The molecule has 190 valence electrons. The molecule has 6 nitrogen and oxygen atoms in total. The first-order valence-electron chi connectivity index (χ1n) is 12.4. The van der Waals surface area contributed by atoms with Crippen LogP contribution in [0, 0.1) is 0 Å². The van der Waals surface area contributed by atoms with Gasteiger partial charge < -0.3 is 15.3 Å². The molecule has 0 unspecified atom stereocenters. The van der Waals surface area contributed by atoms with Crippen LogP contribution in [0.15, 0.2) is 70.9 Å². The maximum absolute atomic E-state index is 12.1. The molecule has 0 saturated carbocycles. The first-order chi connectivity index (χ1) is 16.7. The second kappa shape index (κ2) is 16.3. The lowest BCUT2D eigenvalue weighted by Crippen LogP contribution is -2.05. The summed E-state index contributed by atoms with van der Waals surface area (Å²) in [5.41, 5.74) is 2.06. The molecule has 0 amide bonds. The van der Waals surface area contributed by atoms with Crippen LogP contribution in [0.25, 0.3) is 5.57 Å². The number of carboxylic acids is 3. The highest BCUT2D eigenvalue weighted by Crippen LogP contribution is 2.28. The molecule has 0 bridgehead atoms. The van der Waals surface area contributed by atoms with Crippen LogP contribution in [-0.4, -0.2) is 33.2 Å². The second-order valence-corrected chi connectivity index (χ2v) is 8.47. The first-order valence-corrected chi connectivity index (χ1v) is 12.4. The fourth-order valence-electron chi connectivity index (χ4n) is 3.62. The van der Waals surface area contributed by atoms with Crippen molar-refractivity contribution < 1.29 is 29.7 Å². The number of allylic oxidation sites excluding steroid dienone is 5. The predicted molar refractivity (Wildman–Crippen MR) is 139 cm³/mol. The van der Waals surface area contributed by atoms with E-state index in [0.29, 0.717) is 55.2 Å². The molecule has 0 aliphatic carbocycles. The van der Waals surface area contributed by atoms with Crippen LogP contribution < -0.4 is 0 Å². The van der Waals surface area contributed by atoms with Crippen LogP contribution in [0.2, 0.25) is 0 Å². The Kier molecular flexibility index (Phi) is 13.8. The molecule has 0 radical (unpaired) electrons. The minimum absolute atomic E-state index is 0.143. The van der Waals surface area contributed by atoms with Crippen LogP contribution in [0.4, 0.5) is 0 Å². The van der Waals surface area contributed by atoms with E-state index in [4.69, 9.17) is 0 Å². The third-order valence-electron chi connectivity index (χ3n) is 5.57. The third-order valence-corrected chi connectivity index (χ3v) is 5.57. The highest BCUT2D eigenvalue weighted by Gasteiger charge is 2.16. The Labute approximate surface area is 208 Å². The lowest BCUT2D eigenvalue weighted by molar-refractivity contribution is -0.133. The molecule has 1 aromatic carbocycles. The van der Waals surface area contributed by atoms with Gasteiger partial charge in [0.15, 0.2) is 0 Å². The quantitative estimate of drug-likeness (QED) is 0.132. The topological polar surface area (TPSA) is 112 Å². The van der Waals surface area contributed by atoms with Gasteiger partial charge in [-0.05, 0) is 67.0 Å². The second-order valence-electron chi connectivity index (χ2n) is 8.47. The molecule has 0 heterocycles. The largest absolute Gasteiger partial charge is 0.478 e. The summed E-state index contributed by atoms with van der Waals surface area (Å²) in [5, 5.41) is 29.5. The zero-order valence-corrected chi connectivity index (χ0v) is 21.0. The minimum Gasteiger partial charge on any atom is -0.478 e. The van der Waals surface area contributed by atoms with Crippen molar-refractivity contribution in [2.75, 3.05) is 0 Å². The Morgan fingerprint density at radius 1 is 0.629 bits per heavy atom. The molecule has 1 rings (SSSR count). The Morgan fingerprint density at radius 3 is 1.60 bits per heavy atom. The van der Waals surface area contributed by atoms with E-state index in [0.717, 1.165) is 19.3 Å². The van der Waals surface area contributed by atoms with Gasteiger partial charge in [-0.1, -0.05) is 76.8 Å². The highest BCUT2D eigenvalue weighted by molar-refractivity contribution is 5.95. The predicted octanol–water partition coefficient (Wildman–Crippen LogP) is 7.04. The normalized spacial score (nSPS) is 13.4. The molecule has 0 aliphatic heterocycles. The molecule has 0 fully saturated rings. The summed E-state index contributed by atoms with van der Waals surface area (Å²) in [4.78, 5) is 36.0. The summed E-state index contributed by atoms with van der Waals surface area (Å²) in [6, 6.07) is 9.07.